The van der Waals surface area contributed by atoms with E-state index in [1.165, 1.54) is 11.1 Å². The van der Waals surface area contributed by atoms with Gasteiger partial charge >= 0.3 is 0 Å². The number of ether oxygens (including phenoxy) is 2. The van der Waals surface area contributed by atoms with Crippen molar-refractivity contribution in [1.29, 1.82) is 0 Å². The predicted octanol–water partition coefficient (Wildman–Crippen LogP) is 5.98. The van der Waals surface area contributed by atoms with Crippen molar-refractivity contribution in [3.05, 3.63) is 70.3 Å². The molecule has 6 aliphatic rings. The second kappa shape index (κ2) is 15.8. The van der Waals surface area contributed by atoms with Crippen molar-refractivity contribution in [2.75, 3.05) is 77.5 Å². The fraction of sp³-hybridized carbons (Fsp3) is 0.659. The number of carbonyl (C=O) groups is 1. The minimum absolute atomic E-state index is 0.218. The first-order chi connectivity index (χ1) is 26.8. The number of allylic oxidation sites excluding steroid dienone is 1. The van der Waals surface area contributed by atoms with Gasteiger partial charge in [-0.2, -0.15) is 0 Å². The fourth-order valence-electron chi connectivity index (χ4n) is 10.8. The molecule has 2 bridgehead atoms. The lowest BCUT2D eigenvalue weighted by molar-refractivity contribution is -0.102. The van der Waals surface area contributed by atoms with E-state index in [9.17, 15) is 13.2 Å². The molecule has 7 atom stereocenters. The number of nitrogens with one attached hydrogen (secondary N) is 1. The van der Waals surface area contributed by atoms with Crippen LogP contribution in [0.15, 0.2) is 48.6 Å². The number of methoxy groups -OCH3 is 1. The molecule has 1 saturated carbocycles. The number of benzene rings is 2. The van der Waals surface area contributed by atoms with Gasteiger partial charge in [0.2, 0.25) is 10.0 Å². The second-order valence-corrected chi connectivity index (χ2v) is 20.7. The highest BCUT2D eigenvalue weighted by Gasteiger charge is 2.50. The summed E-state index contributed by atoms with van der Waals surface area (Å²) in [6.07, 6.45) is 10.2. The molecule has 56 heavy (non-hydrogen) atoms. The largest absolute Gasteiger partial charge is 0.490 e. The van der Waals surface area contributed by atoms with E-state index in [2.05, 4.69) is 62.5 Å². The molecule has 1 spiro atoms. The zero-order chi connectivity index (χ0) is 39.4. The van der Waals surface area contributed by atoms with Crippen molar-refractivity contribution >= 4 is 33.2 Å². The number of halogens is 1. The number of sulfonamides is 1. The van der Waals surface area contributed by atoms with Crippen molar-refractivity contribution < 1.29 is 22.7 Å². The monoisotopic (exact) mass is 807 g/mol. The molecule has 0 aromatic heterocycles. The van der Waals surface area contributed by atoms with E-state index in [1.807, 2.05) is 32.2 Å². The van der Waals surface area contributed by atoms with Crippen LogP contribution in [0.4, 0.5) is 5.69 Å². The van der Waals surface area contributed by atoms with Crippen LogP contribution in [0, 0.1) is 17.8 Å². The topological polar surface area (TPSA) is 94.7 Å². The lowest BCUT2D eigenvalue weighted by Gasteiger charge is -2.54. The van der Waals surface area contributed by atoms with Crippen LogP contribution in [0.3, 0.4) is 0 Å². The second-order valence-electron chi connectivity index (χ2n) is 18.2. The Morgan fingerprint density at radius 3 is 2.62 bits per heavy atom. The van der Waals surface area contributed by atoms with Crippen LogP contribution >= 0.6 is 11.6 Å². The molecular weight excluding hydrogens is 746 g/mol. The lowest BCUT2D eigenvalue weighted by atomic mass is 9.63. The van der Waals surface area contributed by atoms with Crippen molar-refractivity contribution in [2.24, 2.45) is 17.8 Å². The molecule has 2 aromatic carbocycles. The fourth-order valence-corrected chi connectivity index (χ4v) is 12.3. The van der Waals surface area contributed by atoms with E-state index in [-0.39, 0.29) is 17.3 Å². The Bertz CT molecular complexity index is 1930. The van der Waals surface area contributed by atoms with Crippen molar-refractivity contribution in [3.8, 4) is 5.75 Å². The summed E-state index contributed by atoms with van der Waals surface area (Å²) in [4.78, 5) is 24.1. The Hall–Kier alpha value is -2.67. The first kappa shape index (κ1) is 40.1. The Labute approximate surface area is 339 Å². The zero-order valence-corrected chi connectivity index (χ0v) is 35.6. The molecule has 4 aliphatic heterocycles. The van der Waals surface area contributed by atoms with Gasteiger partial charge in [-0.05, 0) is 119 Å². The van der Waals surface area contributed by atoms with Gasteiger partial charge in [0, 0.05) is 94.1 Å². The van der Waals surface area contributed by atoms with Gasteiger partial charge in [-0.15, -0.1) is 0 Å². The number of piperazine rings is 2. The summed E-state index contributed by atoms with van der Waals surface area (Å²) in [5.41, 5.74) is 2.92. The summed E-state index contributed by atoms with van der Waals surface area (Å²) in [6, 6.07) is 12.7. The molecule has 4 heterocycles. The molecule has 3 fully saturated rings. The Balaban J connectivity index is 1.17. The van der Waals surface area contributed by atoms with Gasteiger partial charge in [-0.3, -0.25) is 19.5 Å². The molecule has 1 amide bonds. The smallest absolute Gasteiger partial charge is 0.264 e. The minimum atomic E-state index is -3.96. The maximum atomic E-state index is 13.7. The van der Waals surface area contributed by atoms with E-state index in [0.29, 0.717) is 36.6 Å². The molecule has 306 valence electrons. The summed E-state index contributed by atoms with van der Waals surface area (Å²) >= 11 is 6.53. The summed E-state index contributed by atoms with van der Waals surface area (Å²) < 4.78 is 43.4. The number of carbonyl (C=O) groups excluding carboxylic acids is 1. The summed E-state index contributed by atoms with van der Waals surface area (Å²) in [5.74, 6) is 0.493. The van der Waals surface area contributed by atoms with Gasteiger partial charge in [-0.1, -0.05) is 36.7 Å². The van der Waals surface area contributed by atoms with E-state index < -0.39 is 26.8 Å². The number of hydrogen-bond donors (Lipinski definition) is 1. The van der Waals surface area contributed by atoms with Crippen LogP contribution in [0.5, 0.6) is 5.75 Å². The van der Waals surface area contributed by atoms with Crippen molar-refractivity contribution in [2.45, 2.75) is 94.6 Å². The molecule has 1 N–H and O–H groups in total. The molecule has 2 aromatic rings. The molecule has 2 aliphatic carbocycles. The van der Waals surface area contributed by atoms with Crippen LogP contribution in [-0.4, -0.2) is 125 Å². The highest BCUT2D eigenvalue weighted by molar-refractivity contribution is 7.90. The molecule has 2 saturated heterocycles. The molecule has 10 nitrogen and oxygen atoms in total. The van der Waals surface area contributed by atoms with E-state index in [4.69, 9.17) is 21.1 Å². The van der Waals surface area contributed by atoms with Gasteiger partial charge in [0.05, 0.1) is 17.5 Å². The number of aryl methyl sites for hydroxylation is 1. The van der Waals surface area contributed by atoms with Gasteiger partial charge < -0.3 is 14.4 Å². The van der Waals surface area contributed by atoms with Gasteiger partial charge in [0.25, 0.3) is 5.91 Å². The van der Waals surface area contributed by atoms with E-state index in [1.54, 1.807) is 13.0 Å². The molecular formula is C44H62ClN5O5S. The van der Waals surface area contributed by atoms with Crippen LogP contribution in [-0.2, 0) is 26.6 Å². The number of hydrogen-bond acceptors (Lipinski definition) is 9. The van der Waals surface area contributed by atoms with Crippen molar-refractivity contribution in [1.82, 2.24) is 19.4 Å². The third kappa shape index (κ3) is 7.65. The van der Waals surface area contributed by atoms with Gasteiger partial charge in [0.15, 0.2) is 0 Å². The third-order valence-electron chi connectivity index (χ3n) is 14.6. The summed E-state index contributed by atoms with van der Waals surface area (Å²) in [6.45, 7) is 17.5. The van der Waals surface area contributed by atoms with Crippen LogP contribution in [0.2, 0.25) is 5.02 Å². The highest BCUT2D eigenvalue weighted by atomic mass is 35.5. The van der Waals surface area contributed by atoms with Gasteiger partial charge in [0.1, 0.15) is 11.4 Å². The standard InChI is InChI=1S/C44H62ClN5O5S/c1-30(2)49-21-20-48-19-18-47(25-37(48)26-49)28-44(54-5)17-6-8-31(3)32(4)56(52,53)46-42(51)34-11-15-41-40(23-34)50(24-35-10-13-39(35)44)27-43(29-55-41)16-7-9-33-22-36(45)12-14-38(33)43/h6,11-12,14-15,17,22-23,30-32,35,37,39H,7-10,13,16,18-21,24-29H2,1-5H3,(H,46,51)/b17-6-/t31-,32+,35-,37-,39+,43-,44+/m0/s1. The number of anilines is 1. The maximum absolute atomic E-state index is 13.7. The third-order valence-corrected chi connectivity index (χ3v) is 16.8. The van der Waals surface area contributed by atoms with E-state index >= 15 is 0 Å². The Kier molecular flexibility index (Phi) is 11.3. The number of nitrogens with zero attached hydrogens (tertiary/aromatic N) is 4. The van der Waals surface area contributed by atoms with Gasteiger partial charge in [-0.25, -0.2) is 13.1 Å². The van der Waals surface area contributed by atoms with Crippen LogP contribution in [0.25, 0.3) is 0 Å². The normalized spacial score (nSPS) is 34.7. The Morgan fingerprint density at radius 1 is 1.04 bits per heavy atom. The first-order valence-corrected chi connectivity index (χ1v) is 23.0. The Morgan fingerprint density at radius 2 is 1.86 bits per heavy atom. The molecule has 0 unspecified atom stereocenters. The van der Waals surface area contributed by atoms with E-state index in [0.717, 1.165) is 107 Å². The first-order valence-electron chi connectivity index (χ1n) is 21.1. The van der Waals surface area contributed by atoms with Crippen molar-refractivity contribution in [3.63, 3.8) is 0 Å². The average molecular weight is 809 g/mol. The predicted molar refractivity (Wildman–Crippen MR) is 223 cm³/mol. The lowest BCUT2D eigenvalue weighted by Crippen LogP contribution is -2.65. The summed E-state index contributed by atoms with van der Waals surface area (Å²) in [5, 5.41) is -0.0255. The zero-order valence-electron chi connectivity index (χ0n) is 34.0. The number of fused-ring (bicyclic) bond motifs is 5. The summed E-state index contributed by atoms with van der Waals surface area (Å²) in [7, 11) is -2.08. The molecule has 8 rings (SSSR count). The minimum Gasteiger partial charge on any atom is -0.490 e. The van der Waals surface area contributed by atoms with Crippen LogP contribution in [0.1, 0.15) is 81.3 Å². The van der Waals surface area contributed by atoms with Crippen LogP contribution < -0.4 is 14.4 Å². The number of rotatable bonds is 4. The quantitative estimate of drug-likeness (QED) is 0.375. The average Bonchev–Trinajstić information content (AvgIpc) is 3.31. The molecule has 0 radical (unpaired) electrons. The SMILES string of the molecule is CO[C@@]1(CN2CCN3CCN(C(C)C)C[C@@H]3C2)/C=C\C[C@H](C)[C@@H](C)S(=O)(=O)NC(=O)c2ccc3c(c2)N(C[C@@H]2CC[C@H]21)C[C@@]1(CCCc2cc(Cl)ccc21)CO3. The number of amides is 1. The highest BCUT2D eigenvalue weighted by Crippen LogP contribution is 2.49. The molecule has 12 heteroatoms. The maximum Gasteiger partial charge on any atom is 0.264 e.